The molecule has 2 atom stereocenters. The van der Waals surface area contributed by atoms with Gasteiger partial charge in [0.05, 0.1) is 26.4 Å². The average molecular weight is 241 g/mol. The van der Waals surface area contributed by atoms with Gasteiger partial charge in [-0.3, -0.25) is 4.99 Å². The van der Waals surface area contributed by atoms with Crippen molar-refractivity contribution in [3.05, 3.63) is 0 Å². The predicted molar refractivity (Wildman–Crippen MR) is 66.2 cm³/mol. The molecule has 1 fully saturated rings. The molecular formula is C13H23NO3. The van der Waals surface area contributed by atoms with Crippen LogP contribution in [0.2, 0.25) is 0 Å². The Bertz CT molecular complexity index is 261. The summed E-state index contributed by atoms with van der Waals surface area (Å²) in [6.45, 7) is 3.79. The highest BCUT2D eigenvalue weighted by atomic mass is 16.7. The van der Waals surface area contributed by atoms with Crippen molar-refractivity contribution in [2.75, 3.05) is 20.3 Å². The summed E-state index contributed by atoms with van der Waals surface area (Å²) >= 11 is 0. The summed E-state index contributed by atoms with van der Waals surface area (Å²) in [7, 11) is 1.71. The van der Waals surface area contributed by atoms with E-state index in [-0.39, 0.29) is 12.3 Å². The molecule has 4 nitrogen and oxygen atoms in total. The van der Waals surface area contributed by atoms with Crippen molar-refractivity contribution in [3.8, 4) is 0 Å². The molecule has 2 rings (SSSR count). The van der Waals surface area contributed by atoms with E-state index in [1.54, 1.807) is 7.11 Å². The fourth-order valence-corrected chi connectivity index (χ4v) is 2.47. The number of nitrogens with zero attached hydrogens (tertiary/aromatic N) is 1. The van der Waals surface area contributed by atoms with Gasteiger partial charge in [-0.2, -0.15) is 0 Å². The fourth-order valence-electron chi connectivity index (χ4n) is 2.47. The van der Waals surface area contributed by atoms with Gasteiger partial charge in [-0.15, -0.1) is 0 Å². The standard InChI is InChI=1S/C13H23NO3/c1-10(13-16-8-5-9-17-13)11-6-3-4-7-12(14-11)15-2/h10-11,13H,3-9H2,1-2H3. The molecule has 0 bridgehead atoms. The zero-order valence-electron chi connectivity index (χ0n) is 10.9. The summed E-state index contributed by atoms with van der Waals surface area (Å²) in [5.41, 5.74) is 0. The van der Waals surface area contributed by atoms with Gasteiger partial charge in [0, 0.05) is 12.3 Å². The van der Waals surface area contributed by atoms with Crippen molar-refractivity contribution < 1.29 is 14.2 Å². The molecule has 2 aliphatic rings. The molecule has 17 heavy (non-hydrogen) atoms. The molecule has 98 valence electrons. The molecule has 2 unspecified atom stereocenters. The van der Waals surface area contributed by atoms with Crippen LogP contribution in [-0.2, 0) is 14.2 Å². The van der Waals surface area contributed by atoms with Crippen molar-refractivity contribution in [1.29, 1.82) is 0 Å². The number of hydrogen-bond donors (Lipinski definition) is 0. The van der Waals surface area contributed by atoms with Crippen LogP contribution in [-0.4, -0.2) is 38.6 Å². The fraction of sp³-hybridized carbons (Fsp3) is 0.923. The third kappa shape index (κ3) is 3.42. The molecule has 0 aliphatic carbocycles. The lowest BCUT2D eigenvalue weighted by molar-refractivity contribution is -0.205. The smallest absolute Gasteiger partial charge is 0.183 e. The van der Waals surface area contributed by atoms with Gasteiger partial charge in [0.2, 0.25) is 0 Å². The third-order valence-electron chi connectivity index (χ3n) is 3.58. The van der Waals surface area contributed by atoms with Gasteiger partial charge in [0.15, 0.2) is 12.2 Å². The first-order chi connectivity index (χ1) is 8.31. The second-order valence-corrected chi connectivity index (χ2v) is 4.86. The summed E-state index contributed by atoms with van der Waals surface area (Å²) in [5.74, 6) is 1.19. The third-order valence-corrected chi connectivity index (χ3v) is 3.58. The van der Waals surface area contributed by atoms with Crippen molar-refractivity contribution in [2.24, 2.45) is 10.9 Å². The summed E-state index contributed by atoms with van der Waals surface area (Å²) in [4.78, 5) is 4.70. The highest BCUT2D eigenvalue weighted by Gasteiger charge is 2.29. The summed E-state index contributed by atoms with van der Waals surface area (Å²) in [6.07, 6.45) is 5.36. The van der Waals surface area contributed by atoms with Gasteiger partial charge >= 0.3 is 0 Å². The Morgan fingerprint density at radius 3 is 2.71 bits per heavy atom. The lowest BCUT2D eigenvalue weighted by Gasteiger charge is -2.31. The van der Waals surface area contributed by atoms with E-state index < -0.39 is 0 Å². The van der Waals surface area contributed by atoms with Gasteiger partial charge < -0.3 is 14.2 Å². The topological polar surface area (TPSA) is 40.0 Å². The molecule has 0 radical (unpaired) electrons. The Kier molecular flexibility index (Phi) is 4.80. The zero-order chi connectivity index (χ0) is 12.1. The van der Waals surface area contributed by atoms with Crippen molar-refractivity contribution in [3.63, 3.8) is 0 Å². The minimum absolute atomic E-state index is 0.0892. The largest absolute Gasteiger partial charge is 0.484 e. The molecule has 2 aliphatic heterocycles. The molecule has 0 aromatic carbocycles. The van der Waals surface area contributed by atoms with Crippen LogP contribution in [0, 0.1) is 5.92 Å². The number of methoxy groups -OCH3 is 1. The molecule has 2 heterocycles. The first-order valence-electron chi connectivity index (χ1n) is 6.65. The predicted octanol–water partition coefficient (Wildman–Crippen LogP) is 2.37. The number of rotatable bonds is 2. The highest BCUT2D eigenvalue weighted by molar-refractivity contribution is 5.76. The van der Waals surface area contributed by atoms with E-state index in [0.717, 1.165) is 38.4 Å². The van der Waals surface area contributed by atoms with Crippen LogP contribution in [0.5, 0.6) is 0 Å². The van der Waals surface area contributed by atoms with E-state index >= 15 is 0 Å². The van der Waals surface area contributed by atoms with Crippen molar-refractivity contribution in [2.45, 2.75) is 51.4 Å². The number of hydrogen-bond acceptors (Lipinski definition) is 4. The Hall–Kier alpha value is -0.610. The lowest BCUT2D eigenvalue weighted by Crippen LogP contribution is -2.36. The van der Waals surface area contributed by atoms with E-state index in [1.165, 1.54) is 12.8 Å². The van der Waals surface area contributed by atoms with Crippen molar-refractivity contribution in [1.82, 2.24) is 0 Å². The van der Waals surface area contributed by atoms with Crippen LogP contribution in [0.15, 0.2) is 4.99 Å². The molecule has 0 amide bonds. The minimum atomic E-state index is -0.0892. The van der Waals surface area contributed by atoms with E-state index in [4.69, 9.17) is 19.2 Å². The Morgan fingerprint density at radius 1 is 1.24 bits per heavy atom. The van der Waals surface area contributed by atoms with Gasteiger partial charge in [-0.1, -0.05) is 13.3 Å². The molecule has 0 aromatic heterocycles. The van der Waals surface area contributed by atoms with E-state index in [0.29, 0.717) is 5.92 Å². The second-order valence-electron chi connectivity index (χ2n) is 4.86. The normalized spacial score (nSPS) is 29.3. The Balaban J connectivity index is 1.98. The summed E-state index contributed by atoms with van der Waals surface area (Å²) in [6, 6.07) is 0.274. The van der Waals surface area contributed by atoms with E-state index in [9.17, 15) is 0 Å². The van der Waals surface area contributed by atoms with Gasteiger partial charge in [-0.25, -0.2) is 0 Å². The zero-order valence-corrected chi connectivity index (χ0v) is 10.9. The van der Waals surface area contributed by atoms with E-state index in [2.05, 4.69) is 6.92 Å². The number of aliphatic imine (C=N–C) groups is 1. The summed E-state index contributed by atoms with van der Waals surface area (Å²) < 4.78 is 16.6. The van der Waals surface area contributed by atoms with Crippen LogP contribution >= 0.6 is 0 Å². The molecule has 0 N–H and O–H groups in total. The van der Waals surface area contributed by atoms with Crippen LogP contribution < -0.4 is 0 Å². The second kappa shape index (κ2) is 6.36. The Labute approximate surface area is 103 Å². The Morgan fingerprint density at radius 2 is 2.00 bits per heavy atom. The first kappa shape index (κ1) is 12.8. The molecule has 0 saturated carbocycles. The van der Waals surface area contributed by atoms with Gasteiger partial charge in [-0.05, 0) is 19.3 Å². The van der Waals surface area contributed by atoms with Gasteiger partial charge in [0.25, 0.3) is 0 Å². The average Bonchev–Trinajstić information content (AvgIpc) is 2.64. The monoisotopic (exact) mass is 241 g/mol. The van der Waals surface area contributed by atoms with Crippen molar-refractivity contribution >= 4 is 5.90 Å². The maximum absolute atomic E-state index is 5.67. The lowest BCUT2D eigenvalue weighted by atomic mass is 9.97. The molecule has 1 saturated heterocycles. The molecule has 0 aromatic rings. The molecule has 4 heteroatoms. The van der Waals surface area contributed by atoms with E-state index in [1.807, 2.05) is 0 Å². The number of ether oxygens (including phenoxy) is 3. The van der Waals surface area contributed by atoms with Crippen LogP contribution in [0.3, 0.4) is 0 Å². The maximum atomic E-state index is 5.67. The van der Waals surface area contributed by atoms with Gasteiger partial charge in [0.1, 0.15) is 0 Å². The summed E-state index contributed by atoms with van der Waals surface area (Å²) in [5, 5.41) is 0. The first-order valence-corrected chi connectivity index (χ1v) is 6.65. The van der Waals surface area contributed by atoms with Crippen LogP contribution in [0.4, 0.5) is 0 Å². The maximum Gasteiger partial charge on any atom is 0.183 e. The quantitative estimate of drug-likeness (QED) is 0.745. The van der Waals surface area contributed by atoms with Crippen LogP contribution in [0.1, 0.15) is 39.0 Å². The van der Waals surface area contributed by atoms with Crippen LogP contribution in [0.25, 0.3) is 0 Å². The molecular weight excluding hydrogens is 218 g/mol. The minimum Gasteiger partial charge on any atom is -0.484 e. The molecule has 0 spiro atoms. The highest BCUT2D eigenvalue weighted by Crippen LogP contribution is 2.26. The SMILES string of the molecule is COC1=NC(C(C)C2OCCCO2)CCCC1.